The van der Waals surface area contributed by atoms with Crippen molar-refractivity contribution in [2.75, 3.05) is 45.2 Å². The Morgan fingerprint density at radius 2 is 2.32 bits per heavy atom. The maximum Gasteiger partial charge on any atom is 0.238 e. The summed E-state index contributed by atoms with van der Waals surface area (Å²) < 4.78 is 5.31. The number of anilines is 1. The van der Waals surface area contributed by atoms with Crippen LogP contribution in [0.2, 0.25) is 0 Å². The molecular formula is C17H25N3O2. The van der Waals surface area contributed by atoms with Gasteiger partial charge in [-0.2, -0.15) is 0 Å². The number of ether oxygens (including phenoxy) is 1. The number of methoxy groups -OCH3 is 1. The first-order chi connectivity index (χ1) is 10.6. The van der Waals surface area contributed by atoms with Crippen LogP contribution in [0.25, 0.3) is 0 Å². The minimum Gasteiger partial charge on any atom is -0.495 e. The van der Waals surface area contributed by atoms with Gasteiger partial charge in [0.15, 0.2) is 0 Å². The van der Waals surface area contributed by atoms with Crippen molar-refractivity contribution in [3.63, 3.8) is 0 Å². The third-order valence-electron chi connectivity index (χ3n) is 4.85. The SMILES string of the molecule is COc1ccc(C)cc1NC(=O)CN1CCC2(CCNC2)C1. The van der Waals surface area contributed by atoms with E-state index in [2.05, 4.69) is 15.5 Å². The fourth-order valence-corrected chi connectivity index (χ4v) is 3.62. The van der Waals surface area contributed by atoms with Crippen molar-refractivity contribution < 1.29 is 9.53 Å². The van der Waals surface area contributed by atoms with Gasteiger partial charge >= 0.3 is 0 Å². The molecule has 0 radical (unpaired) electrons. The fraction of sp³-hybridized carbons (Fsp3) is 0.588. The molecule has 0 saturated carbocycles. The predicted octanol–water partition coefficient (Wildman–Crippen LogP) is 1.63. The quantitative estimate of drug-likeness (QED) is 0.888. The summed E-state index contributed by atoms with van der Waals surface area (Å²) in [7, 11) is 1.62. The molecule has 1 aromatic carbocycles. The molecule has 5 heteroatoms. The van der Waals surface area contributed by atoms with Crippen molar-refractivity contribution in [3.05, 3.63) is 23.8 Å². The van der Waals surface area contributed by atoms with E-state index in [4.69, 9.17) is 4.74 Å². The molecule has 2 heterocycles. The van der Waals surface area contributed by atoms with Crippen LogP contribution >= 0.6 is 0 Å². The molecule has 3 rings (SSSR count). The van der Waals surface area contributed by atoms with Crippen molar-refractivity contribution in [1.82, 2.24) is 10.2 Å². The summed E-state index contributed by atoms with van der Waals surface area (Å²) in [4.78, 5) is 14.6. The minimum atomic E-state index is 0.0342. The second-order valence-corrected chi connectivity index (χ2v) is 6.64. The first kappa shape index (κ1) is 15.3. The molecular weight excluding hydrogens is 278 g/mol. The molecule has 0 aliphatic carbocycles. The highest BCUT2D eigenvalue weighted by Gasteiger charge is 2.40. The Morgan fingerprint density at radius 3 is 3.05 bits per heavy atom. The number of nitrogens with zero attached hydrogens (tertiary/aromatic N) is 1. The third kappa shape index (κ3) is 3.25. The summed E-state index contributed by atoms with van der Waals surface area (Å²) in [5, 5.41) is 6.43. The van der Waals surface area contributed by atoms with Crippen LogP contribution < -0.4 is 15.4 Å². The third-order valence-corrected chi connectivity index (χ3v) is 4.85. The Kier molecular flexibility index (Phi) is 4.36. The summed E-state index contributed by atoms with van der Waals surface area (Å²) >= 11 is 0. The van der Waals surface area contributed by atoms with Crippen molar-refractivity contribution in [3.8, 4) is 5.75 Å². The summed E-state index contributed by atoms with van der Waals surface area (Å²) in [5.41, 5.74) is 2.26. The summed E-state index contributed by atoms with van der Waals surface area (Å²) in [6.07, 6.45) is 2.43. The van der Waals surface area contributed by atoms with Gasteiger partial charge < -0.3 is 15.4 Å². The smallest absolute Gasteiger partial charge is 0.238 e. The number of hydrogen-bond donors (Lipinski definition) is 2. The van der Waals surface area contributed by atoms with Gasteiger partial charge in [-0.15, -0.1) is 0 Å². The number of carbonyl (C=O) groups is 1. The topological polar surface area (TPSA) is 53.6 Å². The normalized spacial score (nSPS) is 24.8. The van der Waals surface area contributed by atoms with Gasteiger partial charge in [-0.05, 0) is 56.0 Å². The van der Waals surface area contributed by atoms with Gasteiger partial charge in [-0.25, -0.2) is 0 Å². The van der Waals surface area contributed by atoms with Crippen LogP contribution in [0.15, 0.2) is 18.2 Å². The van der Waals surface area contributed by atoms with E-state index in [9.17, 15) is 4.79 Å². The molecule has 1 unspecified atom stereocenters. The largest absolute Gasteiger partial charge is 0.495 e. The Morgan fingerprint density at radius 1 is 1.45 bits per heavy atom. The Labute approximate surface area is 132 Å². The Hall–Kier alpha value is -1.59. The van der Waals surface area contributed by atoms with E-state index in [0.29, 0.717) is 17.7 Å². The molecule has 0 bridgehead atoms. The first-order valence-electron chi connectivity index (χ1n) is 7.98. The molecule has 2 N–H and O–H groups in total. The standard InChI is InChI=1S/C17H25N3O2/c1-13-3-4-15(22-2)14(9-13)19-16(21)10-20-8-6-17(12-20)5-7-18-11-17/h3-4,9,18H,5-8,10-12H2,1-2H3,(H,19,21). The van der Waals surface area contributed by atoms with E-state index in [1.165, 1.54) is 12.8 Å². The molecule has 1 amide bonds. The van der Waals surface area contributed by atoms with E-state index < -0.39 is 0 Å². The molecule has 1 spiro atoms. The summed E-state index contributed by atoms with van der Waals surface area (Å²) in [5.74, 6) is 0.740. The van der Waals surface area contributed by atoms with E-state index in [0.717, 1.165) is 37.4 Å². The van der Waals surface area contributed by atoms with E-state index in [1.54, 1.807) is 7.11 Å². The van der Waals surface area contributed by atoms with Crippen molar-refractivity contribution in [2.45, 2.75) is 19.8 Å². The molecule has 2 aliphatic heterocycles. The highest BCUT2D eigenvalue weighted by molar-refractivity contribution is 5.93. The van der Waals surface area contributed by atoms with Gasteiger partial charge in [-0.1, -0.05) is 6.07 Å². The number of rotatable bonds is 4. The highest BCUT2D eigenvalue weighted by atomic mass is 16.5. The molecule has 22 heavy (non-hydrogen) atoms. The van der Waals surface area contributed by atoms with Crippen molar-refractivity contribution in [2.24, 2.45) is 5.41 Å². The number of nitrogens with one attached hydrogen (secondary N) is 2. The Bertz CT molecular complexity index is 553. The number of benzene rings is 1. The molecule has 0 aromatic heterocycles. The van der Waals surface area contributed by atoms with Gasteiger partial charge in [0.2, 0.25) is 5.91 Å². The lowest BCUT2D eigenvalue weighted by Crippen LogP contribution is -2.34. The fourth-order valence-electron chi connectivity index (χ4n) is 3.62. The lowest BCUT2D eigenvalue weighted by atomic mass is 9.87. The molecule has 1 atom stereocenters. The molecule has 2 saturated heterocycles. The van der Waals surface area contributed by atoms with Gasteiger partial charge in [0.1, 0.15) is 5.75 Å². The van der Waals surface area contributed by atoms with Gasteiger partial charge in [0.25, 0.3) is 0 Å². The lowest BCUT2D eigenvalue weighted by Gasteiger charge is -2.22. The lowest BCUT2D eigenvalue weighted by molar-refractivity contribution is -0.117. The summed E-state index contributed by atoms with van der Waals surface area (Å²) in [6, 6.07) is 5.81. The van der Waals surface area contributed by atoms with Gasteiger partial charge in [-0.3, -0.25) is 9.69 Å². The zero-order valence-corrected chi connectivity index (χ0v) is 13.4. The van der Waals surface area contributed by atoms with Crippen molar-refractivity contribution in [1.29, 1.82) is 0 Å². The highest BCUT2D eigenvalue weighted by Crippen LogP contribution is 2.35. The van der Waals surface area contributed by atoms with Crippen LogP contribution in [0, 0.1) is 12.3 Å². The average Bonchev–Trinajstić information content (AvgIpc) is 3.10. The number of carbonyl (C=O) groups excluding carboxylic acids is 1. The monoisotopic (exact) mass is 303 g/mol. The Balaban J connectivity index is 1.58. The molecule has 120 valence electrons. The number of likely N-dealkylation sites (tertiary alicyclic amines) is 1. The second kappa shape index (κ2) is 6.26. The van der Waals surface area contributed by atoms with Crippen LogP contribution in [0.5, 0.6) is 5.75 Å². The molecule has 2 fully saturated rings. The summed E-state index contributed by atoms with van der Waals surface area (Å²) in [6.45, 7) is 6.71. The van der Waals surface area contributed by atoms with Crippen LogP contribution in [-0.2, 0) is 4.79 Å². The van der Waals surface area contributed by atoms with E-state index in [1.807, 2.05) is 25.1 Å². The van der Waals surface area contributed by atoms with Crippen LogP contribution in [-0.4, -0.2) is 50.6 Å². The second-order valence-electron chi connectivity index (χ2n) is 6.64. The predicted molar refractivity (Wildman–Crippen MR) is 87.3 cm³/mol. The minimum absolute atomic E-state index is 0.0342. The van der Waals surface area contributed by atoms with Crippen LogP contribution in [0.1, 0.15) is 18.4 Å². The number of aryl methyl sites for hydroxylation is 1. The first-order valence-corrected chi connectivity index (χ1v) is 7.98. The number of amides is 1. The van der Waals surface area contributed by atoms with Crippen LogP contribution in [0.3, 0.4) is 0 Å². The average molecular weight is 303 g/mol. The van der Waals surface area contributed by atoms with Gasteiger partial charge in [0, 0.05) is 13.1 Å². The molecule has 5 nitrogen and oxygen atoms in total. The number of hydrogen-bond acceptors (Lipinski definition) is 4. The zero-order valence-electron chi connectivity index (χ0n) is 13.4. The molecule has 2 aliphatic rings. The van der Waals surface area contributed by atoms with Crippen molar-refractivity contribution >= 4 is 11.6 Å². The maximum atomic E-state index is 12.3. The van der Waals surface area contributed by atoms with E-state index in [-0.39, 0.29) is 5.91 Å². The zero-order chi connectivity index (χ0) is 15.6. The van der Waals surface area contributed by atoms with Gasteiger partial charge in [0.05, 0.1) is 19.3 Å². The van der Waals surface area contributed by atoms with E-state index >= 15 is 0 Å². The molecule has 1 aromatic rings. The van der Waals surface area contributed by atoms with Crippen LogP contribution in [0.4, 0.5) is 5.69 Å². The maximum absolute atomic E-state index is 12.3.